The molecule has 0 atom stereocenters. The highest BCUT2D eigenvalue weighted by atomic mass is 16.6. The van der Waals surface area contributed by atoms with Crippen LogP contribution in [0, 0.1) is 0 Å². The molecule has 0 aromatic heterocycles. The van der Waals surface area contributed by atoms with Crippen molar-refractivity contribution in [3.63, 3.8) is 0 Å². The molecule has 0 spiro atoms. The van der Waals surface area contributed by atoms with Gasteiger partial charge in [-0.3, -0.25) is 10.1 Å². The zero-order valence-corrected chi connectivity index (χ0v) is 5.70. The molecular weight excluding hydrogens is 150 g/mol. The lowest BCUT2D eigenvalue weighted by Crippen LogP contribution is -2.39. The molecular formula is C5H5N3O3. The van der Waals surface area contributed by atoms with Crippen molar-refractivity contribution in [1.29, 1.82) is 0 Å². The van der Waals surface area contributed by atoms with Crippen LogP contribution in [0.2, 0.25) is 0 Å². The van der Waals surface area contributed by atoms with Crippen LogP contribution in [0.1, 0.15) is 0 Å². The molecule has 0 aliphatic carbocycles. The number of nitrogens with zero attached hydrogens (tertiary/aromatic N) is 2. The molecule has 1 aliphatic heterocycles. The summed E-state index contributed by atoms with van der Waals surface area (Å²) in [5.41, 5.74) is -0.0212. The summed E-state index contributed by atoms with van der Waals surface area (Å²) in [6.07, 6.45) is 1.05. The van der Waals surface area contributed by atoms with Crippen LogP contribution in [0.5, 0.6) is 0 Å². The van der Waals surface area contributed by atoms with Crippen molar-refractivity contribution >= 4 is 23.9 Å². The normalized spacial score (nSPS) is 20.3. The molecule has 0 fully saturated rings. The molecule has 6 heteroatoms. The number of carbonyl (C=O) groups excluding carboxylic acids is 2. The van der Waals surface area contributed by atoms with Gasteiger partial charge >= 0.3 is 6.03 Å². The molecule has 0 aromatic carbocycles. The van der Waals surface area contributed by atoms with Gasteiger partial charge in [0.2, 0.25) is 0 Å². The first kappa shape index (κ1) is 7.39. The molecule has 0 saturated heterocycles. The summed E-state index contributed by atoms with van der Waals surface area (Å²) in [6.45, 7) is 0. The van der Waals surface area contributed by atoms with Crippen molar-refractivity contribution in [1.82, 2.24) is 5.32 Å². The molecule has 0 unspecified atom stereocenters. The number of amides is 3. The van der Waals surface area contributed by atoms with E-state index in [9.17, 15) is 9.59 Å². The Balaban J connectivity index is 2.85. The van der Waals surface area contributed by atoms with E-state index in [0.717, 1.165) is 6.21 Å². The molecule has 11 heavy (non-hydrogen) atoms. The summed E-state index contributed by atoms with van der Waals surface area (Å²) in [7, 11) is 1.30. The number of hydrogen-bond donors (Lipinski definition) is 1. The van der Waals surface area contributed by atoms with Gasteiger partial charge in [-0.05, 0) is 0 Å². The molecule has 0 saturated carbocycles. The van der Waals surface area contributed by atoms with Crippen molar-refractivity contribution in [3.8, 4) is 0 Å². The highest BCUT2D eigenvalue weighted by Gasteiger charge is 2.17. The highest BCUT2D eigenvalue weighted by Crippen LogP contribution is 1.86. The molecule has 6 nitrogen and oxygen atoms in total. The molecule has 58 valence electrons. The maximum absolute atomic E-state index is 10.8. The molecule has 1 heterocycles. The molecule has 1 N–H and O–H groups in total. The Kier molecular flexibility index (Phi) is 1.95. The van der Waals surface area contributed by atoms with Crippen LogP contribution < -0.4 is 5.32 Å². The van der Waals surface area contributed by atoms with Gasteiger partial charge in [-0.2, -0.15) is 4.99 Å². The van der Waals surface area contributed by atoms with E-state index in [1.807, 2.05) is 5.32 Å². The summed E-state index contributed by atoms with van der Waals surface area (Å²) in [4.78, 5) is 28.7. The Labute approximate surface area is 61.9 Å². The first-order valence-corrected chi connectivity index (χ1v) is 2.74. The predicted molar refractivity (Wildman–Crippen MR) is 36.5 cm³/mol. The molecule has 1 rings (SSSR count). The number of hydrogen-bond acceptors (Lipinski definition) is 4. The number of oxime groups is 1. The maximum Gasteiger partial charge on any atom is 0.347 e. The molecule has 0 aromatic rings. The van der Waals surface area contributed by atoms with Gasteiger partial charge < -0.3 is 4.84 Å². The number of nitrogens with one attached hydrogen (secondary N) is 1. The zero-order chi connectivity index (χ0) is 8.27. The van der Waals surface area contributed by atoms with E-state index in [1.54, 1.807) is 0 Å². The minimum absolute atomic E-state index is 0.0212. The first-order valence-electron chi connectivity index (χ1n) is 2.74. The van der Waals surface area contributed by atoms with Crippen molar-refractivity contribution < 1.29 is 14.4 Å². The van der Waals surface area contributed by atoms with E-state index in [-0.39, 0.29) is 5.71 Å². The number of rotatable bonds is 1. The van der Waals surface area contributed by atoms with Crippen LogP contribution in [-0.2, 0) is 9.63 Å². The second-order valence-corrected chi connectivity index (χ2v) is 1.68. The van der Waals surface area contributed by atoms with Gasteiger partial charge in [0.15, 0.2) is 5.71 Å². The summed E-state index contributed by atoms with van der Waals surface area (Å²) >= 11 is 0. The average molecular weight is 155 g/mol. The topological polar surface area (TPSA) is 80.1 Å². The molecule has 1 aliphatic rings. The fraction of sp³-hybridized carbons (Fsp3) is 0.200. The summed E-state index contributed by atoms with van der Waals surface area (Å²) in [6, 6.07) is -0.690. The quantitative estimate of drug-likeness (QED) is 0.509. The van der Waals surface area contributed by atoms with Crippen LogP contribution >= 0.6 is 0 Å². The standard InChI is InChI=1S/C5H5N3O3/c1-11-8-3-2-6-5(10)7-4(3)9/h2H,1H3,(H,7,9,10). The average Bonchev–Trinajstić information content (AvgIpc) is 1.95. The fourth-order valence-corrected chi connectivity index (χ4v) is 0.535. The largest absolute Gasteiger partial charge is 0.398 e. The van der Waals surface area contributed by atoms with Crippen molar-refractivity contribution in [2.75, 3.05) is 7.11 Å². The molecule has 0 bridgehead atoms. The third-order valence-corrected chi connectivity index (χ3v) is 0.947. The van der Waals surface area contributed by atoms with E-state index in [1.165, 1.54) is 7.11 Å². The van der Waals surface area contributed by atoms with Crippen LogP contribution in [0.15, 0.2) is 10.1 Å². The summed E-state index contributed by atoms with van der Waals surface area (Å²) < 4.78 is 0. The van der Waals surface area contributed by atoms with E-state index < -0.39 is 11.9 Å². The minimum Gasteiger partial charge on any atom is -0.398 e. The summed E-state index contributed by atoms with van der Waals surface area (Å²) in [5, 5.41) is 5.23. The van der Waals surface area contributed by atoms with Gasteiger partial charge in [-0.25, -0.2) is 4.79 Å². The first-order chi connectivity index (χ1) is 5.24. The summed E-state index contributed by atoms with van der Waals surface area (Å²) in [5.74, 6) is -0.605. The Morgan fingerprint density at radius 2 is 2.36 bits per heavy atom. The molecule has 3 amide bonds. The van der Waals surface area contributed by atoms with Gasteiger partial charge in [0.1, 0.15) is 7.11 Å². The molecule has 0 radical (unpaired) electrons. The lowest BCUT2D eigenvalue weighted by Gasteiger charge is -2.03. The van der Waals surface area contributed by atoms with Gasteiger partial charge in [0, 0.05) is 0 Å². The van der Waals surface area contributed by atoms with E-state index in [0.29, 0.717) is 0 Å². The second kappa shape index (κ2) is 2.91. The van der Waals surface area contributed by atoms with Crippen LogP contribution in [-0.4, -0.2) is 31.0 Å². The van der Waals surface area contributed by atoms with Crippen molar-refractivity contribution in [3.05, 3.63) is 0 Å². The Morgan fingerprint density at radius 3 is 2.91 bits per heavy atom. The van der Waals surface area contributed by atoms with Gasteiger partial charge in [-0.15, -0.1) is 0 Å². The van der Waals surface area contributed by atoms with Gasteiger partial charge in [0.25, 0.3) is 5.91 Å². The monoisotopic (exact) mass is 155 g/mol. The van der Waals surface area contributed by atoms with Gasteiger partial charge in [0.05, 0.1) is 6.21 Å². The third kappa shape index (κ3) is 1.60. The van der Waals surface area contributed by atoms with Gasteiger partial charge in [-0.1, -0.05) is 5.16 Å². The van der Waals surface area contributed by atoms with Crippen molar-refractivity contribution in [2.24, 2.45) is 10.1 Å². The lowest BCUT2D eigenvalue weighted by atomic mass is 10.3. The number of aliphatic imine (C=N–C) groups is 1. The second-order valence-electron chi connectivity index (χ2n) is 1.68. The zero-order valence-electron chi connectivity index (χ0n) is 5.70. The number of carbonyl (C=O) groups is 2. The van der Waals surface area contributed by atoms with Crippen LogP contribution in [0.3, 0.4) is 0 Å². The number of urea groups is 1. The Bertz CT molecular complexity index is 256. The Morgan fingerprint density at radius 1 is 1.64 bits per heavy atom. The van der Waals surface area contributed by atoms with Crippen LogP contribution in [0.4, 0.5) is 4.79 Å². The SMILES string of the molecule is CON=C1C=NC(=O)NC1=O. The number of imide groups is 1. The van der Waals surface area contributed by atoms with Crippen LogP contribution in [0.25, 0.3) is 0 Å². The fourth-order valence-electron chi connectivity index (χ4n) is 0.535. The minimum atomic E-state index is -0.690. The predicted octanol–water partition coefficient (Wildman–Crippen LogP) is -0.691. The lowest BCUT2D eigenvalue weighted by molar-refractivity contribution is -0.113. The van der Waals surface area contributed by atoms with Crippen molar-refractivity contribution in [2.45, 2.75) is 0 Å². The third-order valence-electron chi connectivity index (χ3n) is 0.947. The highest BCUT2D eigenvalue weighted by molar-refractivity contribution is 6.63. The van der Waals surface area contributed by atoms with E-state index >= 15 is 0 Å². The Hall–Kier alpha value is -1.72. The van der Waals surface area contributed by atoms with E-state index in [4.69, 9.17) is 0 Å². The maximum atomic E-state index is 10.8. The van der Waals surface area contributed by atoms with E-state index in [2.05, 4.69) is 15.0 Å². The smallest absolute Gasteiger partial charge is 0.347 e.